The summed E-state index contributed by atoms with van der Waals surface area (Å²) in [6.07, 6.45) is 0. The Morgan fingerprint density at radius 1 is 1.50 bits per heavy atom. The molecule has 0 bridgehead atoms. The van der Waals surface area contributed by atoms with Gasteiger partial charge in [0.1, 0.15) is 6.61 Å². The van der Waals surface area contributed by atoms with Crippen molar-refractivity contribution in [3.05, 3.63) is 0 Å². The number of Topliss-reactive ketones (excluding diaryl/α,β-unsaturated/α-hetero) is 1. The topological polar surface area (TPSA) is 55.4 Å². The van der Waals surface area contributed by atoms with Crippen LogP contribution in [0.25, 0.3) is 0 Å². The van der Waals surface area contributed by atoms with Gasteiger partial charge in [0, 0.05) is 6.61 Å². The molecule has 4 nitrogen and oxygen atoms in total. The van der Waals surface area contributed by atoms with Crippen molar-refractivity contribution in [3.8, 4) is 0 Å². The molecule has 0 aromatic heterocycles. The van der Waals surface area contributed by atoms with E-state index >= 15 is 0 Å². The summed E-state index contributed by atoms with van der Waals surface area (Å²) in [5.74, 6) is -0.306. The largest absolute Gasteiger partial charge is 0.372 e. The molecule has 0 aliphatic carbocycles. The van der Waals surface area contributed by atoms with Crippen molar-refractivity contribution in [2.75, 3.05) is 13.2 Å². The predicted octanol–water partition coefficient (Wildman–Crippen LogP) is 0.117. The number of hydrogen-bond acceptors (Lipinski definition) is 3. The Balaban J connectivity index is 3.61. The molecule has 70 valence electrons. The second-order valence-corrected chi connectivity index (χ2v) is 2.54. The third kappa shape index (κ3) is 4.85. The highest BCUT2D eigenvalue weighted by molar-refractivity contribution is 5.87. The molecular weight excluding hydrogens is 158 g/mol. The molecule has 0 spiro atoms. The normalized spacial score (nSPS) is 12.2. The van der Waals surface area contributed by atoms with Gasteiger partial charge in [-0.15, -0.1) is 0 Å². The predicted molar refractivity (Wildman–Crippen MR) is 44.8 cm³/mol. The summed E-state index contributed by atoms with van der Waals surface area (Å²) in [4.78, 5) is 21.6. The zero-order valence-electron chi connectivity index (χ0n) is 7.72. The van der Waals surface area contributed by atoms with Gasteiger partial charge in [0.05, 0.1) is 6.04 Å². The van der Waals surface area contributed by atoms with Crippen LogP contribution in [0.4, 0.5) is 0 Å². The van der Waals surface area contributed by atoms with Crippen molar-refractivity contribution >= 4 is 11.7 Å². The molecule has 1 unspecified atom stereocenters. The molecule has 12 heavy (non-hydrogen) atoms. The van der Waals surface area contributed by atoms with Crippen molar-refractivity contribution in [1.82, 2.24) is 5.32 Å². The third-order valence-corrected chi connectivity index (χ3v) is 1.42. The standard InChI is InChI=1S/C8H15NO3/c1-4-12-5-8(11)9-6(2)7(3)10/h6H,4-5H2,1-3H3,(H,9,11). The van der Waals surface area contributed by atoms with E-state index in [1.54, 1.807) is 6.92 Å². The Hall–Kier alpha value is -0.900. The minimum atomic E-state index is -0.419. The number of nitrogens with one attached hydrogen (secondary N) is 1. The fourth-order valence-electron chi connectivity index (χ4n) is 0.580. The maximum atomic E-state index is 10.9. The average Bonchev–Trinajstić information content (AvgIpc) is 2.00. The molecule has 0 aliphatic heterocycles. The number of ether oxygens (including phenoxy) is 1. The van der Waals surface area contributed by atoms with Crippen LogP contribution in [0.1, 0.15) is 20.8 Å². The SMILES string of the molecule is CCOCC(=O)NC(C)C(C)=O. The molecule has 1 amide bonds. The Morgan fingerprint density at radius 3 is 2.50 bits per heavy atom. The maximum absolute atomic E-state index is 10.9. The summed E-state index contributed by atoms with van der Waals surface area (Å²) in [5.41, 5.74) is 0. The maximum Gasteiger partial charge on any atom is 0.246 e. The highest BCUT2D eigenvalue weighted by Gasteiger charge is 2.10. The average molecular weight is 173 g/mol. The van der Waals surface area contributed by atoms with E-state index in [4.69, 9.17) is 4.74 Å². The molecule has 0 saturated heterocycles. The van der Waals surface area contributed by atoms with E-state index in [9.17, 15) is 9.59 Å². The van der Waals surface area contributed by atoms with Crippen LogP contribution in [0.3, 0.4) is 0 Å². The van der Waals surface area contributed by atoms with Crippen LogP contribution < -0.4 is 5.32 Å². The van der Waals surface area contributed by atoms with E-state index in [1.807, 2.05) is 6.92 Å². The number of amides is 1. The van der Waals surface area contributed by atoms with E-state index in [1.165, 1.54) is 6.92 Å². The number of ketones is 1. The molecule has 1 atom stereocenters. The quantitative estimate of drug-likeness (QED) is 0.642. The highest BCUT2D eigenvalue weighted by Crippen LogP contribution is 1.83. The lowest BCUT2D eigenvalue weighted by molar-refractivity contribution is -0.129. The van der Waals surface area contributed by atoms with Gasteiger partial charge in [-0.3, -0.25) is 9.59 Å². The zero-order valence-corrected chi connectivity index (χ0v) is 7.72. The summed E-state index contributed by atoms with van der Waals surface area (Å²) in [6.45, 7) is 5.41. The molecule has 1 N–H and O–H groups in total. The smallest absolute Gasteiger partial charge is 0.246 e. The molecular formula is C8H15NO3. The lowest BCUT2D eigenvalue weighted by Crippen LogP contribution is -2.39. The van der Waals surface area contributed by atoms with Gasteiger partial charge in [0.2, 0.25) is 5.91 Å². The molecule has 0 radical (unpaired) electrons. The summed E-state index contributed by atoms with van der Waals surface area (Å²) in [7, 11) is 0. The van der Waals surface area contributed by atoms with Gasteiger partial charge in [-0.25, -0.2) is 0 Å². The lowest BCUT2D eigenvalue weighted by Gasteiger charge is -2.09. The third-order valence-electron chi connectivity index (χ3n) is 1.42. The van der Waals surface area contributed by atoms with Crippen molar-refractivity contribution in [1.29, 1.82) is 0 Å². The van der Waals surface area contributed by atoms with Gasteiger partial charge in [0.25, 0.3) is 0 Å². The minimum absolute atomic E-state index is 0.0219. The van der Waals surface area contributed by atoms with Crippen LogP contribution in [0.15, 0.2) is 0 Å². The Bertz CT molecular complexity index is 168. The summed E-state index contributed by atoms with van der Waals surface area (Å²) >= 11 is 0. The van der Waals surface area contributed by atoms with Crippen molar-refractivity contribution in [2.24, 2.45) is 0 Å². The second-order valence-electron chi connectivity index (χ2n) is 2.54. The molecule has 4 heteroatoms. The lowest BCUT2D eigenvalue weighted by atomic mass is 10.2. The van der Waals surface area contributed by atoms with Crippen molar-refractivity contribution < 1.29 is 14.3 Å². The van der Waals surface area contributed by atoms with Gasteiger partial charge >= 0.3 is 0 Å². The molecule has 0 heterocycles. The highest BCUT2D eigenvalue weighted by atomic mass is 16.5. The van der Waals surface area contributed by atoms with Crippen molar-refractivity contribution in [3.63, 3.8) is 0 Å². The molecule has 0 rings (SSSR count). The molecule has 0 fully saturated rings. The van der Waals surface area contributed by atoms with E-state index in [0.29, 0.717) is 6.61 Å². The van der Waals surface area contributed by atoms with Crippen LogP contribution >= 0.6 is 0 Å². The summed E-state index contributed by atoms with van der Waals surface area (Å²) < 4.78 is 4.85. The first-order chi connectivity index (χ1) is 5.57. The van der Waals surface area contributed by atoms with Crippen LogP contribution in [0, 0.1) is 0 Å². The van der Waals surface area contributed by atoms with Gasteiger partial charge in [0.15, 0.2) is 5.78 Å². The number of carbonyl (C=O) groups is 2. The van der Waals surface area contributed by atoms with Crippen LogP contribution in [-0.2, 0) is 14.3 Å². The Labute approximate surface area is 72.3 Å². The van der Waals surface area contributed by atoms with Gasteiger partial charge < -0.3 is 10.1 Å². The Kier molecular flexibility index (Phi) is 5.28. The number of hydrogen-bond donors (Lipinski definition) is 1. The monoisotopic (exact) mass is 173 g/mol. The van der Waals surface area contributed by atoms with Gasteiger partial charge in [-0.2, -0.15) is 0 Å². The number of rotatable bonds is 5. The first-order valence-corrected chi connectivity index (χ1v) is 3.95. The van der Waals surface area contributed by atoms with Crippen molar-refractivity contribution in [2.45, 2.75) is 26.8 Å². The number of carbonyl (C=O) groups excluding carboxylic acids is 2. The van der Waals surface area contributed by atoms with E-state index in [2.05, 4.69) is 5.32 Å². The summed E-state index contributed by atoms with van der Waals surface area (Å²) in [6, 6.07) is -0.419. The fraction of sp³-hybridized carbons (Fsp3) is 0.750. The van der Waals surface area contributed by atoms with E-state index in [-0.39, 0.29) is 18.3 Å². The second kappa shape index (κ2) is 5.71. The Morgan fingerprint density at radius 2 is 2.08 bits per heavy atom. The zero-order chi connectivity index (χ0) is 9.56. The first kappa shape index (κ1) is 11.1. The molecule has 0 aromatic rings. The summed E-state index contributed by atoms with van der Waals surface area (Å²) in [5, 5.41) is 2.50. The fourth-order valence-corrected chi connectivity index (χ4v) is 0.580. The molecule has 0 aromatic carbocycles. The minimum Gasteiger partial charge on any atom is -0.372 e. The van der Waals surface area contributed by atoms with Gasteiger partial charge in [-0.1, -0.05) is 0 Å². The van der Waals surface area contributed by atoms with Crippen LogP contribution in [-0.4, -0.2) is 30.9 Å². The van der Waals surface area contributed by atoms with Gasteiger partial charge in [-0.05, 0) is 20.8 Å². The molecule has 0 aliphatic rings. The van der Waals surface area contributed by atoms with E-state index < -0.39 is 6.04 Å². The van der Waals surface area contributed by atoms with Crippen LogP contribution in [0.2, 0.25) is 0 Å². The first-order valence-electron chi connectivity index (χ1n) is 3.95. The van der Waals surface area contributed by atoms with Crippen LogP contribution in [0.5, 0.6) is 0 Å². The van der Waals surface area contributed by atoms with E-state index in [0.717, 1.165) is 0 Å². The molecule has 0 saturated carbocycles.